The number of amides is 1. The summed E-state index contributed by atoms with van der Waals surface area (Å²) in [5.74, 6) is 0.215. The van der Waals surface area contributed by atoms with Crippen molar-refractivity contribution in [2.24, 2.45) is 0 Å². The Kier molecular flexibility index (Phi) is 4.74. The van der Waals surface area contributed by atoms with Gasteiger partial charge >= 0.3 is 0 Å². The van der Waals surface area contributed by atoms with Gasteiger partial charge in [0.25, 0.3) is 0 Å². The van der Waals surface area contributed by atoms with Crippen molar-refractivity contribution in [3.8, 4) is 0 Å². The molecule has 2 rings (SSSR count). The van der Waals surface area contributed by atoms with Crippen molar-refractivity contribution in [2.45, 2.75) is 32.0 Å². The Hall–Kier alpha value is -0.910. The number of carbonyl (C=O) groups excluding carboxylic acids is 1. The third-order valence-electron chi connectivity index (χ3n) is 3.22. The topological polar surface area (TPSA) is 41.6 Å². The van der Waals surface area contributed by atoms with Crippen LogP contribution in [-0.4, -0.2) is 37.1 Å². The summed E-state index contributed by atoms with van der Waals surface area (Å²) in [5, 5.41) is 5.47. The molecule has 4 nitrogen and oxygen atoms in total. The zero-order valence-electron chi connectivity index (χ0n) is 10.9. The Labute approximate surface area is 112 Å². The van der Waals surface area contributed by atoms with Gasteiger partial charge in [0.05, 0.1) is 6.04 Å². The van der Waals surface area contributed by atoms with E-state index < -0.39 is 0 Å². The van der Waals surface area contributed by atoms with Crippen LogP contribution in [0.5, 0.6) is 0 Å². The van der Waals surface area contributed by atoms with Gasteiger partial charge in [0.15, 0.2) is 0 Å². The Bertz CT molecular complexity index is 380. The highest BCUT2D eigenvalue weighted by Gasteiger charge is 2.38. The van der Waals surface area contributed by atoms with Crippen LogP contribution in [0.1, 0.15) is 30.8 Å². The summed E-state index contributed by atoms with van der Waals surface area (Å²) in [6.45, 7) is 3.48. The van der Waals surface area contributed by atoms with E-state index in [1.54, 1.807) is 18.4 Å². The van der Waals surface area contributed by atoms with Gasteiger partial charge in [-0.2, -0.15) is 0 Å². The first-order chi connectivity index (χ1) is 8.77. The van der Waals surface area contributed by atoms with Crippen molar-refractivity contribution in [3.05, 3.63) is 22.4 Å². The second-order valence-electron chi connectivity index (χ2n) is 4.42. The highest BCUT2D eigenvalue weighted by atomic mass is 32.1. The number of ether oxygens (including phenoxy) is 1. The number of thiophene rings is 1. The first-order valence-electron chi connectivity index (χ1n) is 6.36. The van der Waals surface area contributed by atoms with E-state index in [-0.39, 0.29) is 18.1 Å². The van der Waals surface area contributed by atoms with E-state index in [9.17, 15) is 4.79 Å². The van der Waals surface area contributed by atoms with Crippen molar-refractivity contribution < 1.29 is 9.53 Å². The van der Waals surface area contributed by atoms with E-state index in [0.29, 0.717) is 6.61 Å². The van der Waals surface area contributed by atoms with Gasteiger partial charge in [-0.25, -0.2) is 0 Å². The molecular weight excluding hydrogens is 248 g/mol. The zero-order chi connectivity index (χ0) is 13.0. The van der Waals surface area contributed by atoms with E-state index >= 15 is 0 Å². The molecule has 0 saturated carbocycles. The van der Waals surface area contributed by atoms with Gasteiger partial charge < -0.3 is 9.64 Å². The van der Waals surface area contributed by atoms with E-state index in [2.05, 4.69) is 11.4 Å². The Morgan fingerprint density at radius 2 is 2.39 bits per heavy atom. The Morgan fingerprint density at radius 1 is 1.56 bits per heavy atom. The molecule has 1 N–H and O–H groups in total. The molecule has 0 aromatic carbocycles. The van der Waals surface area contributed by atoms with Gasteiger partial charge in [0.1, 0.15) is 6.17 Å². The fraction of sp³-hybridized carbons (Fsp3) is 0.615. The molecule has 5 heteroatoms. The fourth-order valence-electron chi connectivity index (χ4n) is 2.27. The normalized spacial score (nSPS) is 23.9. The molecule has 1 aliphatic heterocycles. The summed E-state index contributed by atoms with van der Waals surface area (Å²) in [5.41, 5.74) is 0. The maximum atomic E-state index is 12.3. The van der Waals surface area contributed by atoms with Gasteiger partial charge in [-0.05, 0) is 24.3 Å². The molecule has 1 aromatic heterocycles. The second kappa shape index (κ2) is 6.31. The summed E-state index contributed by atoms with van der Waals surface area (Å²) in [6.07, 6.45) is 1.75. The Morgan fingerprint density at radius 3 is 3.00 bits per heavy atom. The molecule has 1 aliphatic rings. The molecule has 2 heterocycles. The Balaban J connectivity index is 2.08. The van der Waals surface area contributed by atoms with Crippen molar-refractivity contribution in [2.75, 3.05) is 20.3 Å². The summed E-state index contributed by atoms with van der Waals surface area (Å²) in [4.78, 5) is 15.4. The maximum Gasteiger partial charge on any atom is 0.241 e. The largest absolute Gasteiger partial charge is 0.385 e. The average molecular weight is 268 g/mol. The summed E-state index contributed by atoms with van der Waals surface area (Å²) in [7, 11) is 1.69. The average Bonchev–Trinajstić information content (AvgIpc) is 2.99. The highest BCUT2D eigenvalue weighted by Crippen LogP contribution is 2.29. The van der Waals surface area contributed by atoms with E-state index in [1.807, 2.05) is 23.3 Å². The van der Waals surface area contributed by atoms with Crippen molar-refractivity contribution in [1.29, 1.82) is 0 Å². The molecule has 100 valence electrons. The quantitative estimate of drug-likeness (QED) is 0.802. The second-order valence-corrected chi connectivity index (χ2v) is 5.40. The van der Waals surface area contributed by atoms with Crippen LogP contribution in [0.15, 0.2) is 17.5 Å². The van der Waals surface area contributed by atoms with Gasteiger partial charge in [0, 0.05) is 25.1 Å². The predicted molar refractivity (Wildman–Crippen MR) is 72.5 cm³/mol. The smallest absolute Gasteiger partial charge is 0.241 e. The minimum atomic E-state index is -0.0420. The van der Waals surface area contributed by atoms with Crippen LogP contribution in [-0.2, 0) is 9.53 Å². The fourth-order valence-corrected chi connectivity index (χ4v) is 3.07. The lowest BCUT2D eigenvalue weighted by molar-refractivity contribution is -0.130. The van der Waals surface area contributed by atoms with Gasteiger partial charge in [-0.3, -0.25) is 10.1 Å². The highest BCUT2D eigenvalue weighted by molar-refractivity contribution is 7.10. The number of methoxy groups -OCH3 is 1. The number of hydrogen-bond donors (Lipinski definition) is 1. The van der Waals surface area contributed by atoms with E-state index in [1.165, 1.54) is 4.88 Å². The predicted octanol–water partition coefficient (Wildman–Crippen LogP) is 1.99. The molecule has 0 spiro atoms. The molecule has 1 saturated heterocycles. The minimum absolute atomic E-state index is 0.0410. The van der Waals surface area contributed by atoms with Crippen molar-refractivity contribution in [3.63, 3.8) is 0 Å². The van der Waals surface area contributed by atoms with Crippen LogP contribution in [0.2, 0.25) is 0 Å². The zero-order valence-corrected chi connectivity index (χ0v) is 11.7. The number of nitrogens with zero attached hydrogens (tertiary/aromatic N) is 1. The summed E-state index contributed by atoms with van der Waals surface area (Å²) in [6, 6.07) is 4.06. The first kappa shape index (κ1) is 13.5. The molecule has 18 heavy (non-hydrogen) atoms. The number of carbonyl (C=O) groups is 1. The molecule has 0 aliphatic carbocycles. The lowest BCUT2D eigenvalue weighted by atomic mass is 10.2. The molecule has 1 amide bonds. The minimum Gasteiger partial charge on any atom is -0.385 e. The van der Waals surface area contributed by atoms with Gasteiger partial charge in [-0.15, -0.1) is 11.3 Å². The molecule has 0 bridgehead atoms. The molecule has 2 unspecified atom stereocenters. The van der Waals surface area contributed by atoms with Gasteiger partial charge in [0.2, 0.25) is 5.91 Å². The summed E-state index contributed by atoms with van der Waals surface area (Å²) < 4.78 is 5.06. The molecule has 1 aromatic rings. The van der Waals surface area contributed by atoms with Crippen LogP contribution < -0.4 is 5.32 Å². The molecule has 2 atom stereocenters. The molecular formula is C13H20N2O2S. The number of nitrogens with one attached hydrogen (secondary N) is 1. The van der Waals surface area contributed by atoms with Crippen LogP contribution >= 0.6 is 11.3 Å². The number of rotatable bonds is 6. The van der Waals surface area contributed by atoms with Crippen LogP contribution in [0.4, 0.5) is 0 Å². The van der Waals surface area contributed by atoms with Crippen LogP contribution in [0, 0.1) is 0 Å². The maximum absolute atomic E-state index is 12.3. The van der Waals surface area contributed by atoms with Crippen molar-refractivity contribution >= 4 is 17.2 Å². The lowest BCUT2D eigenvalue weighted by Crippen LogP contribution is -2.32. The number of hydrogen-bond acceptors (Lipinski definition) is 4. The van der Waals surface area contributed by atoms with Crippen molar-refractivity contribution in [1.82, 2.24) is 10.2 Å². The molecule has 0 radical (unpaired) electrons. The van der Waals surface area contributed by atoms with Crippen LogP contribution in [0.25, 0.3) is 0 Å². The van der Waals surface area contributed by atoms with E-state index in [0.717, 1.165) is 19.4 Å². The monoisotopic (exact) mass is 268 g/mol. The van der Waals surface area contributed by atoms with E-state index in [4.69, 9.17) is 4.74 Å². The standard InChI is InChI=1S/C13H20N2O2S/c1-3-10-13(16)15(7-5-8-17-2)12(14-10)11-6-4-9-18-11/h4,6,9-10,12,14H,3,5,7-8H2,1-2H3. The third-order valence-corrected chi connectivity index (χ3v) is 4.15. The third kappa shape index (κ3) is 2.74. The molecule has 1 fully saturated rings. The summed E-state index contributed by atoms with van der Waals surface area (Å²) >= 11 is 1.69. The lowest BCUT2D eigenvalue weighted by Gasteiger charge is -2.23. The first-order valence-corrected chi connectivity index (χ1v) is 7.24. The SMILES string of the molecule is CCC1NC(c2cccs2)N(CCCOC)C1=O. The van der Waals surface area contributed by atoms with Crippen LogP contribution in [0.3, 0.4) is 0 Å². The van der Waals surface area contributed by atoms with Gasteiger partial charge in [-0.1, -0.05) is 13.0 Å².